The van der Waals surface area contributed by atoms with Crippen LogP contribution in [0.15, 0.2) is 22.8 Å². The average molecular weight is 580 g/mol. The molecule has 4 aliphatic heterocycles. The minimum Gasteiger partial charge on any atom is -0.473 e. The highest BCUT2D eigenvalue weighted by Gasteiger charge is 2.45. The van der Waals surface area contributed by atoms with E-state index in [1.807, 2.05) is 38.7 Å². The molecule has 0 bridgehead atoms. The first-order valence-corrected chi connectivity index (χ1v) is 14.9. The quantitative estimate of drug-likeness (QED) is 0.554. The van der Waals surface area contributed by atoms with E-state index in [1.54, 1.807) is 6.07 Å². The number of amides is 4. The van der Waals surface area contributed by atoms with Gasteiger partial charge in [-0.25, -0.2) is 4.79 Å². The Kier molecular flexibility index (Phi) is 7.28. The van der Waals surface area contributed by atoms with Crippen LogP contribution in [0.25, 0.3) is 0 Å². The van der Waals surface area contributed by atoms with Crippen molar-refractivity contribution in [2.75, 3.05) is 63.1 Å². The van der Waals surface area contributed by atoms with E-state index in [9.17, 15) is 14.4 Å². The highest BCUT2D eigenvalue weighted by Crippen LogP contribution is 2.36. The maximum absolute atomic E-state index is 13.4. The maximum atomic E-state index is 13.4. The number of rotatable bonds is 5. The molecule has 3 saturated heterocycles. The number of fused-ring (bicyclic) bond motifs is 2. The van der Waals surface area contributed by atoms with Crippen LogP contribution in [0.3, 0.4) is 0 Å². The van der Waals surface area contributed by atoms with Crippen LogP contribution in [0.1, 0.15) is 60.6 Å². The molecule has 0 spiro atoms. The molecule has 2 aromatic heterocycles. The first-order chi connectivity index (χ1) is 20.0. The second-order valence-corrected chi connectivity index (χ2v) is 12.9. The molecule has 0 unspecified atom stereocenters. The number of anilines is 2. The lowest BCUT2D eigenvalue weighted by atomic mass is 9.91. The summed E-state index contributed by atoms with van der Waals surface area (Å²) < 4.78 is 11.7. The highest BCUT2D eigenvalue weighted by molar-refractivity contribution is 6.13. The Morgan fingerprint density at radius 3 is 2.64 bits per heavy atom. The van der Waals surface area contributed by atoms with Crippen molar-refractivity contribution in [3.63, 3.8) is 0 Å². The Labute approximate surface area is 246 Å². The third kappa shape index (κ3) is 5.39. The van der Waals surface area contributed by atoms with Gasteiger partial charge in [0, 0.05) is 63.7 Å². The molecule has 226 valence electrons. The van der Waals surface area contributed by atoms with Crippen LogP contribution < -0.4 is 20.3 Å². The topological polar surface area (TPSA) is 123 Å². The lowest BCUT2D eigenvalue weighted by Crippen LogP contribution is -2.53. The van der Waals surface area contributed by atoms with Gasteiger partial charge in [0.25, 0.3) is 11.8 Å². The van der Waals surface area contributed by atoms with Crippen molar-refractivity contribution < 1.29 is 23.5 Å². The number of carbonyl (C=O) groups is 3. The third-order valence-electron chi connectivity index (χ3n) is 8.73. The Balaban J connectivity index is 1.18. The highest BCUT2D eigenvalue weighted by atomic mass is 16.5. The number of nitrogens with zero attached hydrogens (tertiary/aromatic N) is 5. The molecule has 4 amide bonds. The van der Waals surface area contributed by atoms with Crippen LogP contribution in [-0.2, 0) is 6.42 Å². The summed E-state index contributed by atoms with van der Waals surface area (Å²) in [5.41, 5.74) is 0.406. The van der Waals surface area contributed by atoms with Gasteiger partial charge in [0.2, 0.25) is 5.88 Å². The number of ether oxygens (including phenoxy) is 1. The summed E-state index contributed by atoms with van der Waals surface area (Å²) in [7, 11) is 2.09. The zero-order valence-corrected chi connectivity index (χ0v) is 25.1. The smallest absolute Gasteiger partial charge is 0.320 e. The molecule has 12 heteroatoms. The summed E-state index contributed by atoms with van der Waals surface area (Å²) in [6.07, 6.45) is 2.64. The van der Waals surface area contributed by atoms with Crippen molar-refractivity contribution in [1.82, 2.24) is 25.0 Å². The van der Waals surface area contributed by atoms with Crippen molar-refractivity contribution in [3.8, 4) is 5.88 Å². The predicted octanol–water partition coefficient (Wildman–Crippen LogP) is 2.66. The Morgan fingerprint density at radius 1 is 1.14 bits per heavy atom. The molecule has 4 aliphatic rings. The normalized spacial score (nSPS) is 23.6. The fraction of sp³-hybridized carbons (Fsp3) is 0.600. The number of urea groups is 1. The van der Waals surface area contributed by atoms with E-state index >= 15 is 0 Å². The van der Waals surface area contributed by atoms with Gasteiger partial charge in [-0.05, 0) is 53.3 Å². The first-order valence-electron chi connectivity index (χ1n) is 14.9. The van der Waals surface area contributed by atoms with Gasteiger partial charge >= 0.3 is 6.03 Å². The van der Waals surface area contributed by atoms with Gasteiger partial charge < -0.3 is 39.4 Å². The molecule has 42 heavy (non-hydrogen) atoms. The van der Waals surface area contributed by atoms with Crippen LogP contribution in [-0.4, -0.2) is 108 Å². The Morgan fingerprint density at radius 2 is 1.90 bits per heavy atom. The molecule has 0 aromatic carbocycles. The molecular weight excluding hydrogens is 538 g/mol. The summed E-state index contributed by atoms with van der Waals surface area (Å²) >= 11 is 0. The van der Waals surface area contributed by atoms with Crippen molar-refractivity contribution in [2.45, 2.75) is 58.2 Å². The molecule has 0 saturated carbocycles. The summed E-state index contributed by atoms with van der Waals surface area (Å²) in [6.45, 7) is 13.3. The zero-order valence-electron chi connectivity index (χ0n) is 25.1. The van der Waals surface area contributed by atoms with Gasteiger partial charge in [0.1, 0.15) is 23.5 Å². The van der Waals surface area contributed by atoms with Gasteiger partial charge in [0.05, 0.1) is 23.3 Å². The van der Waals surface area contributed by atoms with E-state index in [4.69, 9.17) is 14.1 Å². The minimum atomic E-state index is -0.466. The van der Waals surface area contributed by atoms with Gasteiger partial charge in [-0.2, -0.15) is 4.98 Å². The molecule has 0 radical (unpaired) electrons. The van der Waals surface area contributed by atoms with E-state index in [2.05, 4.69) is 32.4 Å². The largest absolute Gasteiger partial charge is 0.473 e. The number of carbonyl (C=O) groups excluding carboxylic acids is 3. The van der Waals surface area contributed by atoms with Crippen LogP contribution in [0.5, 0.6) is 5.88 Å². The standard InChI is InChI=1S/C30H41N7O5/c1-18(2)42-28-21(31-26(38)20-17-41-23-14-30(3,4)33-27(39)25(20)23)6-7-24(32-28)36-15-19-8-9-37(22(19)16-36)29(40)35-12-10-34(5)11-13-35/h6-7,17-19,22H,8-16H2,1-5H3,(H,31,38)(H,33,39)/t19-,22+/m1/s1. The number of furan rings is 1. The molecule has 6 rings (SSSR count). The second kappa shape index (κ2) is 10.8. The minimum absolute atomic E-state index is 0.144. The molecule has 12 nitrogen and oxygen atoms in total. The van der Waals surface area contributed by atoms with Crippen LogP contribution in [0, 0.1) is 5.92 Å². The van der Waals surface area contributed by atoms with E-state index in [-0.39, 0.29) is 35.2 Å². The third-order valence-corrected chi connectivity index (χ3v) is 8.73. The Hall–Kier alpha value is -3.80. The zero-order chi connectivity index (χ0) is 29.8. The van der Waals surface area contributed by atoms with Gasteiger partial charge in [-0.1, -0.05) is 0 Å². The molecule has 3 fully saturated rings. The van der Waals surface area contributed by atoms with Crippen LogP contribution >= 0.6 is 0 Å². The van der Waals surface area contributed by atoms with Crippen molar-refractivity contribution >= 4 is 29.4 Å². The number of aromatic nitrogens is 1. The molecule has 6 heterocycles. The summed E-state index contributed by atoms with van der Waals surface area (Å²) in [5.74, 6) is 1.15. The number of hydrogen-bond acceptors (Lipinski definition) is 8. The number of likely N-dealkylation sites (N-methyl/N-ethyl adjacent to an activating group) is 1. The fourth-order valence-corrected chi connectivity index (χ4v) is 6.53. The number of piperazine rings is 1. The van der Waals surface area contributed by atoms with Crippen molar-refractivity contribution in [1.29, 1.82) is 0 Å². The fourth-order valence-electron chi connectivity index (χ4n) is 6.53. The van der Waals surface area contributed by atoms with Gasteiger partial charge in [-0.3, -0.25) is 9.59 Å². The summed E-state index contributed by atoms with van der Waals surface area (Å²) in [5, 5.41) is 5.81. The number of pyridine rings is 1. The van der Waals surface area contributed by atoms with Gasteiger partial charge in [0.15, 0.2) is 0 Å². The second-order valence-electron chi connectivity index (χ2n) is 12.9. The van der Waals surface area contributed by atoms with E-state index < -0.39 is 11.4 Å². The molecule has 2 N–H and O–H groups in total. The maximum Gasteiger partial charge on any atom is 0.320 e. The molecule has 0 aliphatic carbocycles. The average Bonchev–Trinajstić information content (AvgIpc) is 3.63. The predicted molar refractivity (Wildman–Crippen MR) is 157 cm³/mol. The number of likely N-dealkylation sites (tertiary alicyclic amines) is 1. The summed E-state index contributed by atoms with van der Waals surface area (Å²) in [6, 6.07) is 3.95. The molecule has 2 atom stereocenters. The first kappa shape index (κ1) is 28.3. The number of nitrogens with one attached hydrogen (secondary N) is 2. The van der Waals surface area contributed by atoms with E-state index in [0.717, 1.165) is 51.5 Å². The Bertz CT molecular complexity index is 1380. The van der Waals surface area contributed by atoms with Crippen LogP contribution in [0.2, 0.25) is 0 Å². The SMILES string of the molecule is CC(C)Oc1nc(N2C[C@H]3CCN(C(=O)N4CCN(C)CC4)[C@H]3C2)ccc1NC(=O)c1coc2c1C(=O)NC(C)(C)C2. The number of hydrogen-bond donors (Lipinski definition) is 2. The lowest BCUT2D eigenvalue weighted by Gasteiger charge is -2.36. The molecular formula is C30H41N7O5. The van der Waals surface area contributed by atoms with E-state index in [0.29, 0.717) is 36.2 Å². The van der Waals surface area contributed by atoms with Crippen molar-refractivity contribution in [3.05, 3.63) is 35.3 Å². The lowest BCUT2D eigenvalue weighted by molar-refractivity contribution is 0.0882. The van der Waals surface area contributed by atoms with Gasteiger partial charge in [-0.15, -0.1) is 0 Å². The monoisotopic (exact) mass is 579 g/mol. The van der Waals surface area contributed by atoms with Crippen LogP contribution in [0.4, 0.5) is 16.3 Å². The van der Waals surface area contributed by atoms with E-state index in [1.165, 1.54) is 6.26 Å². The molecule has 2 aromatic rings. The van der Waals surface area contributed by atoms with Crippen molar-refractivity contribution in [2.24, 2.45) is 5.92 Å². The summed E-state index contributed by atoms with van der Waals surface area (Å²) in [4.78, 5) is 52.8.